The van der Waals surface area contributed by atoms with Gasteiger partial charge < -0.3 is 0 Å². The summed E-state index contributed by atoms with van der Waals surface area (Å²) in [5.41, 5.74) is 0. The molecule has 0 heterocycles. The van der Waals surface area contributed by atoms with Crippen molar-refractivity contribution in [2.75, 3.05) is 0 Å². The minimum atomic E-state index is 0.730. The summed E-state index contributed by atoms with van der Waals surface area (Å²) in [7, 11) is 1.39. The molecule has 0 aromatic heterocycles. The predicted octanol–water partition coefficient (Wildman–Crippen LogP) is 6.42. The van der Waals surface area contributed by atoms with Gasteiger partial charge in [-0.15, -0.1) is 0 Å². The highest BCUT2D eigenvalue weighted by Crippen LogP contribution is 2.34. The van der Waals surface area contributed by atoms with Gasteiger partial charge >= 0.3 is 0 Å². The van der Waals surface area contributed by atoms with Crippen LogP contribution in [-0.2, 0) is 0 Å². The highest BCUT2D eigenvalue weighted by atomic mass is 28.1. The van der Waals surface area contributed by atoms with Crippen molar-refractivity contribution in [1.82, 2.24) is 0 Å². The SMILES string of the molecule is CCCCCCCCCC(C)([SiH3])CCCCCCCC. The van der Waals surface area contributed by atoms with Crippen molar-refractivity contribution in [1.29, 1.82) is 0 Å². The molecule has 0 saturated heterocycles. The first kappa shape index (κ1) is 20.2. The minimum absolute atomic E-state index is 0.730. The summed E-state index contributed by atoms with van der Waals surface area (Å²) in [6.45, 7) is 7.15. The molecule has 0 bridgehead atoms. The normalized spacial score (nSPS) is 14.6. The van der Waals surface area contributed by atoms with Crippen LogP contribution in [0.3, 0.4) is 0 Å². The quantitative estimate of drug-likeness (QED) is 0.242. The third kappa shape index (κ3) is 14.6. The van der Waals surface area contributed by atoms with Crippen molar-refractivity contribution in [2.24, 2.45) is 0 Å². The lowest BCUT2D eigenvalue weighted by Gasteiger charge is -2.24. The Bertz CT molecular complexity index is 186. The third-order valence-electron chi connectivity index (χ3n) is 4.66. The van der Waals surface area contributed by atoms with Crippen LogP contribution in [0.5, 0.6) is 0 Å². The van der Waals surface area contributed by atoms with Gasteiger partial charge in [0.25, 0.3) is 0 Å². The lowest BCUT2D eigenvalue weighted by Crippen LogP contribution is -2.08. The molecule has 0 radical (unpaired) electrons. The van der Waals surface area contributed by atoms with Gasteiger partial charge in [-0.05, 0) is 5.04 Å². The first-order chi connectivity index (χ1) is 9.62. The molecule has 0 nitrogen and oxygen atoms in total. The zero-order chi connectivity index (χ0) is 15.1. The smallest absolute Gasteiger partial charge is 0.0103 e. The van der Waals surface area contributed by atoms with E-state index < -0.39 is 0 Å². The monoisotopic (exact) mass is 298 g/mol. The van der Waals surface area contributed by atoms with E-state index in [1.165, 1.54) is 107 Å². The molecule has 0 aliphatic rings. The van der Waals surface area contributed by atoms with E-state index in [9.17, 15) is 0 Å². The molecule has 122 valence electrons. The molecule has 0 amide bonds. The van der Waals surface area contributed by atoms with Gasteiger partial charge in [0.2, 0.25) is 0 Å². The summed E-state index contributed by atoms with van der Waals surface area (Å²) < 4.78 is 0. The van der Waals surface area contributed by atoms with Crippen LogP contribution >= 0.6 is 0 Å². The van der Waals surface area contributed by atoms with Crippen molar-refractivity contribution in [2.45, 2.75) is 122 Å². The Kier molecular flexibility index (Phi) is 14.3. The van der Waals surface area contributed by atoms with E-state index in [0.29, 0.717) is 0 Å². The van der Waals surface area contributed by atoms with E-state index in [0.717, 1.165) is 5.04 Å². The fourth-order valence-electron chi connectivity index (χ4n) is 3.07. The fraction of sp³-hybridized carbons (Fsp3) is 1.00. The molecule has 1 heteroatoms. The van der Waals surface area contributed by atoms with Crippen LogP contribution in [0.2, 0.25) is 5.04 Å². The van der Waals surface area contributed by atoms with E-state index in [-0.39, 0.29) is 0 Å². The Labute approximate surface area is 132 Å². The standard InChI is InChI=1S/C19H42Si/c1-4-6-8-10-12-14-16-18-19(3,20)17-15-13-11-9-7-5-2/h4-18H2,1-3,20H3. The number of unbranched alkanes of at least 4 members (excludes halogenated alkanes) is 11. The van der Waals surface area contributed by atoms with E-state index in [2.05, 4.69) is 20.8 Å². The zero-order valence-corrected chi connectivity index (χ0v) is 17.1. The fourth-order valence-corrected chi connectivity index (χ4v) is 3.78. The highest BCUT2D eigenvalue weighted by molar-refractivity contribution is 6.14. The molecule has 1 unspecified atom stereocenters. The molecule has 0 aliphatic carbocycles. The second-order valence-corrected chi connectivity index (χ2v) is 9.97. The topological polar surface area (TPSA) is 0 Å². The van der Waals surface area contributed by atoms with Crippen molar-refractivity contribution in [3.63, 3.8) is 0 Å². The molecular weight excluding hydrogens is 256 g/mol. The Morgan fingerprint density at radius 2 is 0.850 bits per heavy atom. The molecule has 0 spiro atoms. The van der Waals surface area contributed by atoms with Gasteiger partial charge in [-0.3, -0.25) is 0 Å². The molecule has 0 fully saturated rings. The summed E-state index contributed by atoms with van der Waals surface area (Å²) in [6, 6.07) is 0. The van der Waals surface area contributed by atoms with Crippen LogP contribution in [0.15, 0.2) is 0 Å². The van der Waals surface area contributed by atoms with E-state index in [1.807, 2.05) is 0 Å². The van der Waals surface area contributed by atoms with Crippen LogP contribution in [0, 0.1) is 0 Å². The number of rotatable bonds is 15. The number of hydrogen-bond acceptors (Lipinski definition) is 0. The maximum Gasteiger partial charge on any atom is 0.0103 e. The van der Waals surface area contributed by atoms with Gasteiger partial charge in [0.05, 0.1) is 0 Å². The van der Waals surface area contributed by atoms with E-state index >= 15 is 0 Å². The summed E-state index contributed by atoms with van der Waals surface area (Å²) in [6.07, 6.45) is 21.9. The summed E-state index contributed by atoms with van der Waals surface area (Å²) in [5.74, 6) is 0. The second-order valence-electron chi connectivity index (χ2n) is 7.55. The van der Waals surface area contributed by atoms with Crippen LogP contribution < -0.4 is 0 Å². The maximum atomic E-state index is 2.54. The van der Waals surface area contributed by atoms with E-state index in [4.69, 9.17) is 0 Å². The molecule has 0 aliphatic heterocycles. The first-order valence-corrected chi connectivity index (χ1v) is 10.6. The van der Waals surface area contributed by atoms with Gasteiger partial charge in [0, 0.05) is 10.2 Å². The molecule has 1 atom stereocenters. The molecule has 0 N–H and O–H groups in total. The Hall–Kier alpha value is 0.217. The summed E-state index contributed by atoms with van der Waals surface area (Å²) in [4.78, 5) is 0. The minimum Gasteiger partial charge on any atom is -0.0654 e. The van der Waals surface area contributed by atoms with Gasteiger partial charge in [0.1, 0.15) is 0 Å². The summed E-state index contributed by atoms with van der Waals surface area (Å²) in [5, 5.41) is 0.730. The second kappa shape index (κ2) is 14.2. The van der Waals surface area contributed by atoms with Crippen LogP contribution in [0.25, 0.3) is 0 Å². The van der Waals surface area contributed by atoms with Gasteiger partial charge in [0.15, 0.2) is 0 Å². The van der Waals surface area contributed by atoms with Crippen molar-refractivity contribution < 1.29 is 0 Å². The molecule has 0 aromatic rings. The Balaban J connectivity index is 3.35. The van der Waals surface area contributed by atoms with Crippen molar-refractivity contribution in [3.05, 3.63) is 0 Å². The lowest BCUT2D eigenvalue weighted by atomic mass is 9.94. The van der Waals surface area contributed by atoms with Gasteiger partial charge in [-0.1, -0.05) is 117 Å². The van der Waals surface area contributed by atoms with Crippen molar-refractivity contribution in [3.8, 4) is 0 Å². The maximum absolute atomic E-state index is 2.54. The zero-order valence-electron chi connectivity index (χ0n) is 15.1. The van der Waals surface area contributed by atoms with Gasteiger partial charge in [-0.2, -0.15) is 0 Å². The number of hydrogen-bond donors (Lipinski definition) is 0. The first-order valence-electron chi connectivity index (χ1n) is 9.62. The average Bonchev–Trinajstić information content (AvgIpc) is 2.41. The molecule has 0 saturated carbocycles. The molecule has 0 rings (SSSR count). The third-order valence-corrected chi connectivity index (χ3v) is 5.66. The summed E-state index contributed by atoms with van der Waals surface area (Å²) >= 11 is 0. The lowest BCUT2D eigenvalue weighted by molar-refractivity contribution is 0.449. The highest BCUT2D eigenvalue weighted by Gasteiger charge is 2.16. The van der Waals surface area contributed by atoms with Crippen molar-refractivity contribution >= 4 is 10.2 Å². The molecule has 0 aromatic carbocycles. The van der Waals surface area contributed by atoms with Gasteiger partial charge in [-0.25, -0.2) is 0 Å². The largest absolute Gasteiger partial charge is 0.0654 e. The molecule has 20 heavy (non-hydrogen) atoms. The Morgan fingerprint density at radius 3 is 1.20 bits per heavy atom. The van der Waals surface area contributed by atoms with Crippen LogP contribution in [0.1, 0.15) is 117 Å². The average molecular weight is 299 g/mol. The predicted molar refractivity (Wildman–Crippen MR) is 98.9 cm³/mol. The van der Waals surface area contributed by atoms with Crippen LogP contribution in [-0.4, -0.2) is 10.2 Å². The Morgan fingerprint density at radius 1 is 0.550 bits per heavy atom. The van der Waals surface area contributed by atoms with Crippen LogP contribution in [0.4, 0.5) is 0 Å². The van der Waals surface area contributed by atoms with E-state index in [1.54, 1.807) is 0 Å². The molecular formula is C19H42Si.